The fourth-order valence-corrected chi connectivity index (χ4v) is 3.94. The lowest BCUT2D eigenvalue weighted by atomic mass is 9.79. The Labute approximate surface area is 114 Å². The lowest BCUT2D eigenvalue weighted by molar-refractivity contribution is 0.212. The fraction of sp³-hybridized carbons (Fsp3) is 1.00. The van der Waals surface area contributed by atoms with E-state index < -0.39 is 0 Å². The molecule has 18 heavy (non-hydrogen) atoms. The van der Waals surface area contributed by atoms with Gasteiger partial charge in [0, 0.05) is 12.1 Å². The van der Waals surface area contributed by atoms with Crippen LogP contribution in [0.1, 0.15) is 84.5 Å². The Morgan fingerprint density at radius 1 is 0.722 bits per heavy atom. The van der Waals surface area contributed by atoms with Gasteiger partial charge in [-0.15, -0.1) is 0 Å². The van der Waals surface area contributed by atoms with Crippen LogP contribution in [0.2, 0.25) is 0 Å². The molecule has 2 saturated carbocycles. The van der Waals surface area contributed by atoms with Crippen LogP contribution in [0.25, 0.3) is 0 Å². The van der Waals surface area contributed by atoms with Crippen LogP contribution >= 0.6 is 0 Å². The summed E-state index contributed by atoms with van der Waals surface area (Å²) in [4.78, 5) is 0. The molecule has 1 N–H and O–H groups in total. The van der Waals surface area contributed by atoms with E-state index in [9.17, 15) is 0 Å². The number of rotatable bonds is 3. The number of nitrogens with one attached hydrogen (secondary N) is 1. The molecule has 1 heteroatoms. The van der Waals surface area contributed by atoms with Gasteiger partial charge >= 0.3 is 0 Å². The average Bonchev–Trinajstić information content (AvgIpc) is 2.33. The zero-order valence-electron chi connectivity index (χ0n) is 12.6. The maximum Gasteiger partial charge on any atom is 0.00723 e. The summed E-state index contributed by atoms with van der Waals surface area (Å²) in [5.74, 6) is 1.86. The van der Waals surface area contributed by atoms with Crippen LogP contribution in [0, 0.1) is 11.8 Å². The van der Waals surface area contributed by atoms with Crippen molar-refractivity contribution in [3.63, 3.8) is 0 Å². The van der Waals surface area contributed by atoms with Crippen molar-refractivity contribution < 1.29 is 0 Å². The summed E-state index contributed by atoms with van der Waals surface area (Å²) < 4.78 is 0. The zero-order chi connectivity index (χ0) is 12.8. The maximum absolute atomic E-state index is 4.01. The molecule has 0 aromatic carbocycles. The normalized spacial score (nSPS) is 32.2. The first-order chi connectivity index (χ1) is 8.75. The second-order valence-electron chi connectivity index (χ2n) is 7.08. The smallest absolute Gasteiger partial charge is 0.00723 e. The van der Waals surface area contributed by atoms with Gasteiger partial charge in [0.1, 0.15) is 0 Å². The summed E-state index contributed by atoms with van der Waals surface area (Å²) in [6, 6.07) is 1.66. The van der Waals surface area contributed by atoms with Crippen LogP contribution in [0.4, 0.5) is 0 Å². The average molecular weight is 251 g/mol. The van der Waals surface area contributed by atoms with Gasteiger partial charge in [-0.3, -0.25) is 0 Å². The number of hydrogen-bond acceptors (Lipinski definition) is 1. The third-order valence-electron chi connectivity index (χ3n) is 5.23. The Morgan fingerprint density at radius 2 is 1.33 bits per heavy atom. The summed E-state index contributed by atoms with van der Waals surface area (Å²) in [5, 5.41) is 4.01. The molecule has 0 radical (unpaired) electrons. The zero-order valence-corrected chi connectivity index (χ0v) is 12.6. The van der Waals surface area contributed by atoms with Crippen molar-refractivity contribution in [3.8, 4) is 0 Å². The SMILES string of the molecule is CC(C)C1CCCC(NC2CCCCCCC2)C1. The largest absolute Gasteiger partial charge is 0.311 e. The molecule has 0 bridgehead atoms. The van der Waals surface area contributed by atoms with Crippen molar-refractivity contribution in [2.24, 2.45) is 11.8 Å². The summed E-state index contributed by atoms with van der Waals surface area (Å²) in [6.45, 7) is 4.81. The molecule has 0 aromatic heterocycles. The highest BCUT2D eigenvalue weighted by atomic mass is 14.9. The van der Waals surface area contributed by atoms with Gasteiger partial charge in [-0.05, 0) is 37.5 Å². The molecule has 0 aliphatic heterocycles. The molecule has 0 spiro atoms. The van der Waals surface area contributed by atoms with Crippen LogP contribution in [0.15, 0.2) is 0 Å². The first-order valence-corrected chi connectivity index (χ1v) is 8.51. The van der Waals surface area contributed by atoms with Crippen molar-refractivity contribution in [1.82, 2.24) is 5.32 Å². The molecule has 2 fully saturated rings. The van der Waals surface area contributed by atoms with Gasteiger partial charge in [-0.25, -0.2) is 0 Å². The quantitative estimate of drug-likeness (QED) is 0.752. The Balaban J connectivity index is 1.76. The second kappa shape index (κ2) is 7.53. The van der Waals surface area contributed by atoms with E-state index in [1.165, 1.54) is 70.6 Å². The van der Waals surface area contributed by atoms with Gasteiger partial charge in [0.05, 0.1) is 0 Å². The minimum absolute atomic E-state index is 0.829. The van der Waals surface area contributed by atoms with Gasteiger partial charge in [-0.1, -0.05) is 58.8 Å². The van der Waals surface area contributed by atoms with Gasteiger partial charge in [0.15, 0.2) is 0 Å². The monoisotopic (exact) mass is 251 g/mol. The summed E-state index contributed by atoms with van der Waals surface area (Å²) in [6.07, 6.45) is 16.0. The molecule has 106 valence electrons. The highest BCUT2D eigenvalue weighted by Crippen LogP contribution is 2.30. The van der Waals surface area contributed by atoms with E-state index in [0.717, 1.165) is 23.9 Å². The molecule has 2 atom stereocenters. The molecule has 0 heterocycles. The maximum atomic E-state index is 4.01. The van der Waals surface area contributed by atoms with E-state index in [-0.39, 0.29) is 0 Å². The van der Waals surface area contributed by atoms with E-state index in [1.54, 1.807) is 0 Å². The Morgan fingerprint density at radius 3 is 2.00 bits per heavy atom. The molecule has 2 rings (SSSR count). The lowest BCUT2D eigenvalue weighted by Gasteiger charge is -2.35. The first-order valence-electron chi connectivity index (χ1n) is 8.51. The summed E-state index contributed by atoms with van der Waals surface area (Å²) in [5.41, 5.74) is 0. The topological polar surface area (TPSA) is 12.0 Å². The molecule has 0 aromatic rings. The molecule has 2 unspecified atom stereocenters. The Kier molecular flexibility index (Phi) is 6.01. The Bertz CT molecular complexity index is 216. The molecule has 1 nitrogen and oxygen atoms in total. The minimum Gasteiger partial charge on any atom is -0.311 e. The summed E-state index contributed by atoms with van der Waals surface area (Å²) in [7, 11) is 0. The van der Waals surface area contributed by atoms with E-state index >= 15 is 0 Å². The molecule has 2 aliphatic rings. The van der Waals surface area contributed by atoms with Crippen molar-refractivity contribution in [2.75, 3.05) is 0 Å². The van der Waals surface area contributed by atoms with E-state index in [0.29, 0.717) is 0 Å². The standard InChI is InChI=1S/C17H33N/c1-14(2)15-9-8-12-17(13-15)18-16-10-6-4-3-5-7-11-16/h14-18H,3-13H2,1-2H3. The van der Waals surface area contributed by atoms with E-state index in [4.69, 9.17) is 0 Å². The van der Waals surface area contributed by atoms with Crippen LogP contribution < -0.4 is 5.32 Å². The molecular weight excluding hydrogens is 218 g/mol. The predicted octanol–water partition coefficient (Wildman–Crippen LogP) is 4.90. The summed E-state index contributed by atoms with van der Waals surface area (Å²) >= 11 is 0. The van der Waals surface area contributed by atoms with Crippen molar-refractivity contribution >= 4 is 0 Å². The highest BCUT2D eigenvalue weighted by molar-refractivity contribution is 4.82. The molecule has 2 aliphatic carbocycles. The van der Waals surface area contributed by atoms with Crippen molar-refractivity contribution in [1.29, 1.82) is 0 Å². The third kappa shape index (κ3) is 4.57. The van der Waals surface area contributed by atoms with E-state index in [2.05, 4.69) is 19.2 Å². The van der Waals surface area contributed by atoms with Crippen molar-refractivity contribution in [2.45, 2.75) is 96.6 Å². The van der Waals surface area contributed by atoms with Gasteiger partial charge in [0.25, 0.3) is 0 Å². The number of hydrogen-bond donors (Lipinski definition) is 1. The first kappa shape index (κ1) is 14.4. The lowest BCUT2D eigenvalue weighted by Crippen LogP contribution is -2.42. The predicted molar refractivity (Wildman–Crippen MR) is 79.8 cm³/mol. The molecule has 0 saturated heterocycles. The third-order valence-corrected chi connectivity index (χ3v) is 5.23. The van der Waals surface area contributed by atoms with Gasteiger partial charge < -0.3 is 5.32 Å². The van der Waals surface area contributed by atoms with E-state index in [1.807, 2.05) is 0 Å². The van der Waals surface area contributed by atoms with Crippen LogP contribution in [0.3, 0.4) is 0 Å². The van der Waals surface area contributed by atoms with Crippen LogP contribution in [-0.2, 0) is 0 Å². The van der Waals surface area contributed by atoms with Gasteiger partial charge in [0.2, 0.25) is 0 Å². The van der Waals surface area contributed by atoms with Gasteiger partial charge in [-0.2, -0.15) is 0 Å². The molecular formula is C17H33N. The van der Waals surface area contributed by atoms with Crippen molar-refractivity contribution in [3.05, 3.63) is 0 Å². The van der Waals surface area contributed by atoms with Crippen LogP contribution in [0.5, 0.6) is 0 Å². The minimum atomic E-state index is 0.829. The molecule has 0 amide bonds. The van der Waals surface area contributed by atoms with Crippen LogP contribution in [-0.4, -0.2) is 12.1 Å². The highest BCUT2D eigenvalue weighted by Gasteiger charge is 2.25. The Hall–Kier alpha value is -0.0400. The fourth-order valence-electron chi connectivity index (χ4n) is 3.94. The second-order valence-corrected chi connectivity index (χ2v) is 7.08.